The van der Waals surface area contributed by atoms with Crippen molar-refractivity contribution in [3.8, 4) is 0 Å². The Kier molecular flexibility index (Phi) is 3.57. The van der Waals surface area contributed by atoms with E-state index in [2.05, 4.69) is 15.9 Å². The zero-order chi connectivity index (χ0) is 13.6. The first-order chi connectivity index (χ1) is 8.36. The van der Waals surface area contributed by atoms with Gasteiger partial charge in [-0.15, -0.1) is 0 Å². The number of rotatable bonds is 4. The van der Waals surface area contributed by atoms with Crippen LogP contribution in [0.25, 0.3) is 0 Å². The molecule has 1 saturated carbocycles. The second-order valence-corrected chi connectivity index (χ2v) is 8.04. The number of hydrogen-bond acceptors (Lipinski definition) is 4. The molecule has 0 amide bonds. The zero-order valence-electron chi connectivity index (χ0n) is 10.1. The minimum absolute atomic E-state index is 0.101. The van der Waals surface area contributed by atoms with Gasteiger partial charge in [-0.3, -0.25) is 0 Å². The molecule has 2 rings (SSSR count). The lowest BCUT2D eigenvalue weighted by atomic mass is 10.1. The highest BCUT2D eigenvalue weighted by molar-refractivity contribution is 9.10. The van der Waals surface area contributed by atoms with E-state index in [0.29, 0.717) is 0 Å². The standard InChI is InChI=1S/C12H17BrN2O2S/c1-2-18(16,17)11-10(12(11,15)7-14)8-3-5-9(13)6-4-8/h3-6,10-11H,2,7,14-15H2,1H3/t10-,11+,12+/m1/s1. The lowest BCUT2D eigenvalue weighted by Crippen LogP contribution is -2.39. The first kappa shape index (κ1) is 14.0. The van der Waals surface area contributed by atoms with E-state index < -0.39 is 20.6 Å². The van der Waals surface area contributed by atoms with Crippen molar-refractivity contribution in [1.82, 2.24) is 0 Å². The van der Waals surface area contributed by atoms with Gasteiger partial charge in [0, 0.05) is 22.7 Å². The Labute approximate surface area is 116 Å². The molecule has 0 aromatic heterocycles. The maximum atomic E-state index is 12.0. The maximum Gasteiger partial charge on any atom is 0.155 e. The predicted octanol–water partition coefficient (Wildman–Crippen LogP) is 1.01. The summed E-state index contributed by atoms with van der Waals surface area (Å²) in [5.41, 5.74) is 11.9. The minimum Gasteiger partial charge on any atom is -0.329 e. The highest BCUT2D eigenvalue weighted by Crippen LogP contribution is 2.53. The monoisotopic (exact) mass is 332 g/mol. The van der Waals surface area contributed by atoms with Crippen molar-refractivity contribution in [2.75, 3.05) is 12.3 Å². The third kappa shape index (κ3) is 2.11. The first-order valence-electron chi connectivity index (χ1n) is 5.83. The van der Waals surface area contributed by atoms with Crippen molar-refractivity contribution in [2.45, 2.75) is 23.6 Å². The molecular formula is C12H17BrN2O2S. The Morgan fingerprint density at radius 2 is 1.89 bits per heavy atom. The van der Waals surface area contributed by atoms with Crippen molar-refractivity contribution < 1.29 is 8.42 Å². The van der Waals surface area contributed by atoms with Crippen LogP contribution in [0.1, 0.15) is 18.4 Å². The molecule has 0 radical (unpaired) electrons. The van der Waals surface area contributed by atoms with E-state index in [1.807, 2.05) is 24.3 Å². The van der Waals surface area contributed by atoms with E-state index in [1.165, 1.54) is 0 Å². The SMILES string of the molecule is CCS(=O)(=O)[C@H]1[C@@H](c2ccc(Br)cc2)[C@@]1(N)CN. The average Bonchev–Trinajstić information content (AvgIpc) is 2.98. The number of hydrogen-bond donors (Lipinski definition) is 2. The molecule has 1 aromatic carbocycles. The minimum atomic E-state index is -3.17. The molecule has 0 heterocycles. The summed E-state index contributed by atoms with van der Waals surface area (Å²) in [4.78, 5) is 0. The van der Waals surface area contributed by atoms with Crippen LogP contribution in [0.3, 0.4) is 0 Å². The van der Waals surface area contributed by atoms with Gasteiger partial charge in [-0.1, -0.05) is 35.0 Å². The van der Waals surface area contributed by atoms with Crippen LogP contribution in [0.5, 0.6) is 0 Å². The van der Waals surface area contributed by atoms with E-state index in [9.17, 15) is 8.42 Å². The number of halogens is 1. The topological polar surface area (TPSA) is 86.2 Å². The van der Waals surface area contributed by atoms with Gasteiger partial charge in [0.15, 0.2) is 9.84 Å². The second kappa shape index (κ2) is 4.59. The fraction of sp³-hybridized carbons (Fsp3) is 0.500. The van der Waals surface area contributed by atoms with Crippen LogP contribution < -0.4 is 11.5 Å². The Morgan fingerprint density at radius 3 is 2.33 bits per heavy atom. The van der Waals surface area contributed by atoms with Gasteiger partial charge in [-0.25, -0.2) is 8.42 Å². The fourth-order valence-corrected chi connectivity index (χ4v) is 4.82. The van der Waals surface area contributed by atoms with E-state index in [4.69, 9.17) is 11.5 Å². The zero-order valence-corrected chi connectivity index (χ0v) is 12.5. The molecule has 18 heavy (non-hydrogen) atoms. The largest absolute Gasteiger partial charge is 0.329 e. The molecule has 4 nitrogen and oxygen atoms in total. The molecule has 0 unspecified atom stereocenters. The van der Waals surface area contributed by atoms with Gasteiger partial charge in [0.2, 0.25) is 0 Å². The van der Waals surface area contributed by atoms with Crippen molar-refractivity contribution in [1.29, 1.82) is 0 Å². The van der Waals surface area contributed by atoms with Crippen molar-refractivity contribution in [3.05, 3.63) is 34.3 Å². The average molecular weight is 333 g/mol. The molecule has 4 N–H and O–H groups in total. The normalized spacial score (nSPS) is 31.3. The van der Waals surface area contributed by atoms with Crippen LogP contribution in [0.4, 0.5) is 0 Å². The molecule has 100 valence electrons. The predicted molar refractivity (Wildman–Crippen MR) is 76.1 cm³/mol. The van der Waals surface area contributed by atoms with E-state index in [1.54, 1.807) is 6.92 Å². The highest BCUT2D eigenvalue weighted by atomic mass is 79.9. The van der Waals surface area contributed by atoms with E-state index >= 15 is 0 Å². The second-order valence-electron chi connectivity index (χ2n) is 4.72. The summed E-state index contributed by atoms with van der Waals surface area (Å²) in [5, 5.41) is -0.554. The molecule has 0 aliphatic heterocycles. The van der Waals surface area contributed by atoms with Crippen molar-refractivity contribution in [2.24, 2.45) is 11.5 Å². The molecule has 3 atom stereocenters. The summed E-state index contributed by atoms with van der Waals surface area (Å²) in [6.07, 6.45) is 0. The summed E-state index contributed by atoms with van der Waals surface area (Å²) in [6.45, 7) is 1.82. The summed E-state index contributed by atoms with van der Waals surface area (Å²) >= 11 is 3.35. The fourth-order valence-electron chi connectivity index (χ4n) is 2.54. The quantitative estimate of drug-likeness (QED) is 0.861. The Morgan fingerprint density at radius 1 is 1.33 bits per heavy atom. The van der Waals surface area contributed by atoms with Crippen molar-refractivity contribution in [3.63, 3.8) is 0 Å². The van der Waals surface area contributed by atoms with Crippen molar-refractivity contribution >= 4 is 25.8 Å². The van der Waals surface area contributed by atoms with Gasteiger partial charge in [0.25, 0.3) is 0 Å². The summed E-state index contributed by atoms with van der Waals surface area (Å²) in [7, 11) is -3.17. The first-order valence-corrected chi connectivity index (χ1v) is 8.33. The van der Waals surface area contributed by atoms with Gasteiger partial charge in [-0.05, 0) is 17.7 Å². The summed E-state index contributed by atoms with van der Waals surface area (Å²) in [5.74, 6) is -0.0931. The number of benzene rings is 1. The Balaban J connectivity index is 2.37. The van der Waals surface area contributed by atoms with Gasteiger partial charge in [-0.2, -0.15) is 0 Å². The molecule has 1 aliphatic carbocycles. The molecule has 0 bridgehead atoms. The Bertz CT molecular complexity index is 544. The lowest BCUT2D eigenvalue weighted by Gasteiger charge is -2.07. The van der Waals surface area contributed by atoms with Crippen LogP contribution in [0.2, 0.25) is 0 Å². The molecular weight excluding hydrogens is 316 g/mol. The Hall–Kier alpha value is -0.430. The molecule has 0 spiro atoms. The van der Waals surface area contributed by atoms with Gasteiger partial charge in [0.1, 0.15) is 0 Å². The van der Waals surface area contributed by atoms with Gasteiger partial charge >= 0.3 is 0 Å². The third-order valence-electron chi connectivity index (χ3n) is 3.67. The van der Waals surface area contributed by atoms with Gasteiger partial charge < -0.3 is 11.5 Å². The van der Waals surface area contributed by atoms with Crippen LogP contribution in [0, 0.1) is 0 Å². The number of sulfone groups is 1. The lowest BCUT2D eigenvalue weighted by molar-refractivity contribution is 0.587. The summed E-state index contributed by atoms with van der Waals surface area (Å²) < 4.78 is 25.0. The van der Waals surface area contributed by atoms with Gasteiger partial charge in [0.05, 0.1) is 10.8 Å². The smallest absolute Gasteiger partial charge is 0.155 e. The van der Waals surface area contributed by atoms with E-state index in [-0.39, 0.29) is 18.2 Å². The maximum absolute atomic E-state index is 12.0. The molecule has 1 aliphatic rings. The number of nitrogens with two attached hydrogens (primary N) is 2. The van der Waals surface area contributed by atoms with Crippen LogP contribution in [-0.4, -0.2) is 31.5 Å². The molecule has 1 fully saturated rings. The molecule has 1 aromatic rings. The van der Waals surface area contributed by atoms with Crippen LogP contribution in [-0.2, 0) is 9.84 Å². The summed E-state index contributed by atoms with van der Waals surface area (Å²) in [6, 6.07) is 7.58. The molecule has 0 saturated heterocycles. The van der Waals surface area contributed by atoms with Crippen LogP contribution >= 0.6 is 15.9 Å². The van der Waals surface area contributed by atoms with Crippen LogP contribution in [0.15, 0.2) is 28.7 Å². The third-order valence-corrected chi connectivity index (χ3v) is 6.49. The highest BCUT2D eigenvalue weighted by Gasteiger charge is 2.67. The molecule has 6 heteroatoms. The van der Waals surface area contributed by atoms with E-state index in [0.717, 1.165) is 10.0 Å².